The van der Waals surface area contributed by atoms with E-state index < -0.39 is 23.9 Å². The maximum absolute atomic E-state index is 14.2. The number of halogens is 1. The predicted octanol–water partition coefficient (Wildman–Crippen LogP) is 2.87. The summed E-state index contributed by atoms with van der Waals surface area (Å²) in [5.74, 6) is -1.03. The second-order valence-electron chi connectivity index (χ2n) is 5.62. The number of hydrogen-bond acceptors (Lipinski definition) is 4. The fourth-order valence-corrected chi connectivity index (χ4v) is 2.77. The number of fused-ring (bicyclic) bond motifs is 1. The zero-order valence-corrected chi connectivity index (χ0v) is 13.4. The normalized spacial score (nSPS) is 15.7. The highest BCUT2D eigenvalue weighted by Gasteiger charge is 2.30. The number of carboxylic acid groups (broad SMARTS) is 1. The van der Waals surface area contributed by atoms with E-state index in [9.17, 15) is 14.0 Å². The van der Waals surface area contributed by atoms with Crippen LogP contribution in [0.5, 0.6) is 5.75 Å². The van der Waals surface area contributed by atoms with E-state index in [1.54, 1.807) is 25.3 Å². The van der Waals surface area contributed by atoms with Gasteiger partial charge in [-0.1, -0.05) is 0 Å². The number of aryl methyl sites for hydroxylation is 1. The lowest BCUT2D eigenvalue weighted by atomic mass is 9.96. The van der Waals surface area contributed by atoms with Crippen molar-refractivity contribution in [3.63, 3.8) is 0 Å². The van der Waals surface area contributed by atoms with E-state index in [2.05, 4.69) is 15.6 Å². The summed E-state index contributed by atoms with van der Waals surface area (Å²) in [7, 11) is 0. The molecule has 1 unspecified atom stereocenters. The molecule has 1 aromatic carbocycles. The number of pyridine rings is 1. The Hall–Kier alpha value is -3.16. The molecular formula is C17H16FN3O4. The minimum absolute atomic E-state index is 0.0483. The third-order valence-electron chi connectivity index (χ3n) is 3.84. The summed E-state index contributed by atoms with van der Waals surface area (Å²) in [5.41, 5.74) is 1.47. The second kappa shape index (κ2) is 6.76. The molecule has 0 spiro atoms. The summed E-state index contributed by atoms with van der Waals surface area (Å²) in [6.45, 7) is 1.97. The van der Waals surface area contributed by atoms with Crippen LogP contribution in [-0.2, 0) is 0 Å². The number of amides is 2. The van der Waals surface area contributed by atoms with Crippen LogP contribution in [0.1, 0.15) is 34.1 Å². The van der Waals surface area contributed by atoms with E-state index >= 15 is 0 Å². The van der Waals surface area contributed by atoms with Crippen molar-refractivity contribution in [2.45, 2.75) is 19.4 Å². The molecule has 0 saturated carbocycles. The molecule has 130 valence electrons. The summed E-state index contributed by atoms with van der Waals surface area (Å²) in [4.78, 5) is 27.5. The quantitative estimate of drug-likeness (QED) is 0.794. The van der Waals surface area contributed by atoms with E-state index in [1.807, 2.05) is 0 Å². The van der Waals surface area contributed by atoms with Gasteiger partial charge in [-0.15, -0.1) is 0 Å². The Morgan fingerprint density at radius 3 is 2.88 bits per heavy atom. The van der Waals surface area contributed by atoms with Crippen molar-refractivity contribution in [1.82, 2.24) is 10.3 Å². The van der Waals surface area contributed by atoms with Crippen molar-refractivity contribution in [2.24, 2.45) is 0 Å². The Labute approximate surface area is 142 Å². The van der Waals surface area contributed by atoms with Crippen LogP contribution in [0.2, 0.25) is 0 Å². The third kappa shape index (κ3) is 3.52. The van der Waals surface area contributed by atoms with E-state index in [0.29, 0.717) is 5.69 Å². The van der Waals surface area contributed by atoms with Crippen molar-refractivity contribution in [3.8, 4) is 5.75 Å². The molecule has 8 heteroatoms. The molecule has 2 amide bonds. The summed E-state index contributed by atoms with van der Waals surface area (Å²) in [6, 6.07) is 5.02. The van der Waals surface area contributed by atoms with Crippen LogP contribution in [0.15, 0.2) is 30.5 Å². The zero-order chi connectivity index (χ0) is 18.0. The Kier molecular flexibility index (Phi) is 4.51. The molecule has 3 N–H and O–H groups in total. The summed E-state index contributed by atoms with van der Waals surface area (Å²) >= 11 is 0. The fourth-order valence-electron chi connectivity index (χ4n) is 2.77. The van der Waals surface area contributed by atoms with Gasteiger partial charge in [-0.05, 0) is 31.2 Å². The molecule has 2 heterocycles. The molecule has 2 aromatic rings. The maximum Gasteiger partial charge on any atom is 0.405 e. The van der Waals surface area contributed by atoms with Crippen molar-refractivity contribution in [2.75, 3.05) is 11.9 Å². The monoisotopic (exact) mass is 345 g/mol. The van der Waals surface area contributed by atoms with Crippen molar-refractivity contribution < 1.29 is 23.8 Å². The number of nitrogens with one attached hydrogen (secondary N) is 2. The van der Waals surface area contributed by atoms with Gasteiger partial charge in [0.1, 0.15) is 11.6 Å². The minimum Gasteiger partial charge on any atom is -0.492 e. The molecule has 25 heavy (non-hydrogen) atoms. The van der Waals surface area contributed by atoms with Crippen molar-refractivity contribution in [3.05, 3.63) is 53.1 Å². The lowest BCUT2D eigenvalue weighted by Crippen LogP contribution is -2.32. The van der Waals surface area contributed by atoms with Crippen LogP contribution >= 0.6 is 0 Å². The Bertz CT molecular complexity index is 841. The van der Waals surface area contributed by atoms with Gasteiger partial charge in [0, 0.05) is 24.0 Å². The molecule has 0 radical (unpaired) electrons. The second-order valence-corrected chi connectivity index (χ2v) is 5.62. The van der Waals surface area contributed by atoms with Gasteiger partial charge >= 0.3 is 6.09 Å². The number of aromatic nitrogens is 1. The molecule has 7 nitrogen and oxygen atoms in total. The van der Waals surface area contributed by atoms with E-state index in [1.165, 1.54) is 6.07 Å². The standard InChI is InChI=1S/C17H16FN3O4/c1-9-8-10(4-6-19-9)20-16(22)11-2-3-12(18)14-13(21-17(23)24)5-7-25-15(11)14/h2-4,6,8,13,21H,5,7H2,1H3,(H,23,24)(H,19,20,22). The first-order valence-corrected chi connectivity index (χ1v) is 7.64. The van der Waals surface area contributed by atoms with Crippen LogP contribution in [0, 0.1) is 12.7 Å². The third-order valence-corrected chi connectivity index (χ3v) is 3.84. The largest absolute Gasteiger partial charge is 0.492 e. The van der Waals surface area contributed by atoms with Crippen LogP contribution in [0.4, 0.5) is 14.9 Å². The van der Waals surface area contributed by atoms with Crippen LogP contribution < -0.4 is 15.4 Å². The number of nitrogens with zero attached hydrogens (tertiary/aromatic N) is 1. The van der Waals surface area contributed by atoms with Gasteiger partial charge in [0.05, 0.1) is 23.8 Å². The first-order chi connectivity index (χ1) is 12.0. The summed E-state index contributed by atoms with van der Waals surface area (Å²) < 4.78 is 19.7. The van der Waals surface area contributed by atoms with Gasteiger partial charge < -0.3 is 20.5 Å². The number of rotatable bonds is 3. The maximum atomic E-state index is 14.2. The fraction of sp³-hybridized carbons (Fsp3) is 0.235. The topological polar surface area (TPSA) is 101 Å². The SMILES string of the molecule is Cc1cc(NC(=O)c2ccc(F)c3c2OCCC3NC(=O)O)ccn1. The average Bonchev–Trinajstić information content (AvgIpc) is 2.54. The number of benzene rings is 1. The number of carbonyl (C=O) groups excluding carboxylic acids is 1. The van der Waals surface area contributed by atoms with Crippen molar-refractivity contribution in [1.29, 1.82) is 0 Å². The van der Waals surface area contributed by atoms with Crippen LogP contribution in [0.25, 0.3) is 0 Å². The van der Waals surface area contributed by atoms with Crippen molar-refractivity contribution >= 4 is 17.7 Å². The minimum atomic E-state index is -1.26. The van der Waals surface area contributed by atoms with Gasteiger partial charge in [0.2, 0.25) is 0 Å². The first-order valence-electron chi connectivity index (χ1n) is 7.64. The Morgan fingerprint density at radius 1 is 1.36 bits per heavy atom. The highest BCUT2D eigenvalue weighted by molar-refractivity contribution is 6.06. The average molecular weight is 345 g/mol. The van der Waals surface area contributed by atoms with Gasteiger partial charge in [0.25, 0.3) is 5.91 Å². The molecule has 1 aromatic heterocycles. The van der Waals surface area contributed by atoms with Gasteiger partial charge in [-0.3, -0.25) is 9.78 Å². The molecule has 3 rings (SSSR count). The molecular weight excluding hydrogens is 329 g/mol. The number of hydrogen-bond donors (Lipinski definition) is 3. The molecule has 1 atom stereocenters. The Balaban J connectivity index is 1.95. The van der Waals surface area contributed by atoms with E-state index in [0.717, 1.165) is 11.8 Å². The molecule has 1 aliphatic rings. The highest BCUT2D eigenvalue weighted by Crippen LogP contribution is 2.37. The summed E-state index contributed by atoms with van der Waals surface area (Å²) in [5, 5.41) is 13.9. The number of carbonyl (C=O) groups is 2. The van der Waals surface area contributed by atoms with E-state index in [4.69, 9.17) is 9.84 Å². The molecule has 0 saturated heterocycles. The summed E-state index contributed by atoms with van der Waals surface area (Å²) in [6.07, 6.45) is 0.582. The van der Waals surface area contributed by atoms with Crippen LogP contribution in [-0.4, -0.2) is 28.7 Å². The zero-order valence-electron chi connectivity index (χ0n) is 13.4. The number of ether oxygens (including phenoxy) is 1. The molecule has 0 fully saturated rings. The molecule has 1 aliphatic heterocycles. The van der Waals surface area contributed by atoms with Gasteiger partial charge in [-0.2, -0.15) is 0 Å². The smallest absolute Gasteiger partial charge is 0.405 e. The first kappa shape index (κ1) is 16.7. The molecule has 0 aliphatic carbocycles. The van der Waals surface area contributed by atoms with Gasteiger partial charge in [0.15, 0.2) is 0 Å². The Morgan fingerprint density at radius 2 is 2.16 bits per heavy atom. The molecule has 0 bridgehead atoms. The van der Waals surface area contributed by atoms with Crippen LogP contribution in [0.3, 0.4) is 0 Å². The number of anilines is 1. The lowest BCUT2D eigenvalue weighted by molar-refractivity contribution is 0.102. The van der Waals surface area contributed by atoms with Gasteiger partial charge in [-0.25, -0.2) is 9.18 Å². The lowest BCUT2D eigenvalue weighted by Gasteiger charge is -2.27. The predicted molar refractivity (Wildman–Crippen MR) is 87.3 cm³/mol. The highest BCUT2D eigenvalue weighted by atomic mass is 19.1. The van der Waals surface area contributed by atoms with E-state index in [-0.39, 0.29) is 29.9 Å².